The highest BCUT2D eigenvalue weighted by molar-refractivity contribution is 8.16. The molecule has 0 radical (unpaired) electrons. The molecule has 0 aliphatic carbocycles. The van der Waals surface area contributed by atoms with Crippen molar-refractivity contribution in [2.75, 3.05) is 5.32 Å². The molecule has 0 bridgehead atoms. The number of fused-ring (bicyclic) bond motifs is 1. The van der Waals surface area contributed by atoms with E-state index in [-0.39, 0.29) is 24.2 Å². The molecule has 0 saturated heterocycles. The standard InChI is InChI=1S/C26H26FN3O3S/c1-15(2)33-25(32)23-17(4)28-26-30(24(23)21-8-6-5-7-16(21)3)20(14-34-26)13-22(31)29-19-11-9-18(27)10-12-19/h5-12,14-15,24H,13H2,1-4H3,(H,29,31). The number of thioether (sulfide) groups is 1. The number of aryl methyl sites for hydroxylation is 1. The zero-order valence-corrected chi connectivity index (χ0v) is 20.3. The van der Waals surface area contributed by atoms with Gasteiger partial charge in [-0.2, -0.15) is 0 Å². The summed E-state index contributed by atoms with van der Waals surface area (Å²) in [6.07, 6.45) is -0.211. The van der Waals surface area contributed by atoms with Gasteiger partial charge in [-0.1, -0.05) is 36.0 Å². The Morgan fingerprint density at radius 2 is 1.85 bits per heavy atom. The monoisotopic (exact) mass is 479 g/mol. The minimum absolute atomic E-state index is 0.0668. The predicted octanol–water partition coefficient (Wildman–Crippen LogP) is 5.69. The van der Waals surface area contributed by atoms with Gasteiger partial charge in [-0.05, 0) is 68.5 Å². The van der Waals surface area contributed by atoms with Gasteiger partial charge in [0.15, 0.2) is 5.17 Å². The van der Waals surface area contributed by atoms with E-state index in [9.17, 15) is 14.0 Å². The van der Waals surface area contributed by atoms with Gasteiger partial charge in [0.2, 0.25) is 5.91 Å². The third-order valence-corrected chi connectivity index (χ3v) is 6.40. The van der Waals surface area contributed by atoms with Gasteiger partial charge in [-0.15, -0.1) is 0 Å². The molecule has 2 aliphatic rings. The number of benzene rings is 2. The van der Waals surface area contributed by atoms with Gasteiger partial charge in [0.05, 0.1) is 29.8 Å². The summed E-state index contributed by atoms with van der Waals surface area (Å²) in [6.45, 7) is 7.43. The van der Waals surface area contributed by atoms with Crippen molar-refractivity contribution in [1.82, 2.24) is 4.90 Å². The Hall–Kier alpha value is -3.39. The van der Waals surface area contributed by atoms with E-state index in [4.69, 9.17) is 4.74 Å². The average molecular weight is 480 g/mol. The first kappa shape index (κ1) is 23.8. The number of esters is 1. The largest absolute Gasteiger partial charge is 0.459 e. The van der Waals surface area contributed by atoms with Crippen LogP contribution in [0.15, 0.2) is 75.9 Å². The Labute approximate surface area is 202 Å². The Bertz CT molecular complexity index is 1220. The molecule has 1 amide bonds. The van der Waals surface area contributed by atoms with Crippen LogP contribution in [0.2, 0.25) is 0 Å². The second-order valence-corrected chi connectivity index (χ2v) is 9.27. The molecule has 1 atom stereocenters. The van der Waals surface area contributed by atoms with E-state index < -0.39 is 12.0 Å². The smallest absolute Gasteiger partial charge is 0.338 e. The minimum atomic E-state index is -0.472. The Morgan fingerprint density at radius 1 is 1.15 bits per heavy atom. The highest BCUT2D eigenvalue weighted by Gasteiger charge is 2.41. The normalized spacial score (nSPS) is 17.4. The predicted molar refractivity (Wildman–Crippen MR) is 132 cm³/mol. The summed E-state index contributed by atoms with van der Waals surface area (Å²) < 4.78 is 18.8. The number of amidine groups is 1. The van der Waals surface area contributed by atoms with Gasteiger partial charge < -0.3 is 15.0 Å². The summed E-state index contributed by atoms with van der Waals surface area (Å²) in [7, 11) is 0. The highest BCUT2D eigenvalue weighted by atomic mass is 32.2. The molecule has 34 heavy (non-hydrogen) atoms. The molecule has 1 unspecified atom stereocenters. The lowest BCUT2D eigenvalue weighted by Gasteiger charge is -2.37. The van der Waals surface area contributed by atoms with Gasteiger partial charge in [0, 0.05) is 11.4 Å². The van der Waals surface area contributed by atoms with Crippen LogP contribution in [-0.4, -0.2) is 28.0 Å². The van der Waals surface area contributed by atoms with Crippen molar-refractivity contribution in [3.63, 3.8) is 0 Å². The summed E-state index contributed by atoms with van der Waals surface area (Å²) >= 11 is 1.42. The number of aliphatic imine (C=N–C) groups is 1. The number of nitrogens with one attached hydrogen (secondary N) is 1. The lowest BCUT2D eigenvalue weighted by molar-refractivity contribution is -0.143. The molecule has 8 heteroatoms. The number of hydrogen-bond donors (Lipinski definition) is 1. The topological polar surface area (TPSA) is 71.0 Å². The number of ether oxygens (including phenoxy) is 1. The molecule has 0 saturated carbocycles. The first-order chi connectivity index (χ1) is 16.2. The van der Waals surface area contributed by atoms with Gasteiger partial charge in [0.1, 0.15) is 5.82 Å². The number of carbonyl (C=O) groups is 2. The maximum Gasteiger partial charge on any atom is 0.338 e. The molecule has 0 aromatic heterocycles. The first-order valence-electron chi connectivity index (χ1n) is 11.0. The van der Waals surface area contributed by atoms with Crippen molar-refractivity contribution in [3.8, 4) is 0 Å². The number of anilines is 1. The van der Waals surface area contributed by atoms with Crippen LogP contribution in [0.25, 0.3) is 0 Å². The second kappa shape index (κ2) is 9.85. The molecule has 4 rings (SSSR count). The zero-order chi connectivity index (χ0) is 24.4. The Morgan fingerprint density at radius 3 is 2.53 bits per heavy atom. The van der Waals surface area contributed by atoms with Crippen LogP contribution >= 0.6 is 11.8 Å². The zero-order valence-electron chi connectivity index (χ0n) is 19.5. The van der Waals surface area contributed by atoms with Crippen molar-refractivity contribution < 1.29 is 18.7 Å². The van der Waals surface area contributed by atoms with E-state index in [1.54, 1.807) is 0 Å². The number of amides is 1. The van der Waals surface area contributed by atoms with Gasteiger partial charge in [-0.3, -0.25) is 4.79 Å². The number of nitrogens with zero attached hydrogens (tertiary/aromatic N) is 2. The molecule has 0 fully saturated rings. The molecular formula is C26H26FN3O3S. The van der Waals surface area contributed by atoms with Crippen LogP contribution < -0.4 is 5.32 Å². The van der Waals surface area contributed by atoms with Crippen molar-refractivity contribution >= 4 is 34.5 Å². The fourth-order valence-corrected chi connectivity index (χ4v) is 4.96. The van der Waals surface area contributed by atoms with Crippen LogP contribution in [0.4, 0.5) is 10.1 Å². The maximum atomic E-state index is 13.2. The summed E-state index contributed by atoms with van der Waals surface area (Å²) in [6, 6.07) is 13.0. The molecule has 6 nitrogen and oxygen atoms in total. The molecule has 2 heterocycles. The number of hydrogen-bond acceptors (Lipinski definition) is 6. The number of halogens is 1. The van der Waals surface area contributed by atoms with Gasteiger partial charge in [-0.25, -0.2) is 14.2 Å². The summed E-state index contributed by atoms with van der Waals surface area (Å²) in [5.74, 6) is -1.04. The second-order valence-electron chi connectivity index (χ2n) is 8.44. The quantitative estimate of drug-likeness (QED) is 0.539. The Kier molecular flexibility index (Phi) is 6.88. The van der Waals surface area contributed by atoms with Crippen molar-refractivity contribution in [3.05, 3.63) is 87.9 Å². The van der Waals surface area contributed by atoms with Crippen molar-refractivity contribution in [1.29, 1.82) is 0 Å². The van der Waals surface area contributed by atoms with E-state index in [2.05, 4.69) is 10.3 Å². The summed E-state index contributed by atoms with van der Waals surface area (Å²) in [4.78, 5) is 32.6. The third-order valence-electron chi connectivity index (χ3n) is 5.52. The molecule has 176 valence electrons. The van der Waals surface area contributed by atoms with E-state index in [1.165, 1.54) is 36.0 Å². The number of carbonyl (C=O) groups excluding carboxylic acids is 2. The molecule has 0 spiro atoms. The van der Waals surface area contributed by atoms with E-state index >= 15 is 0 Å². The highest BCUT2D eigenvalue weighted by Crippen LogP contribution is 2.45. The fourth-order valence-electron chi connectivity index (χ4n) is 4.00. The first-order valence-corrected chi connectivity index (χ1v) is 11.9. The molecular weight excluding hydrogens is 453 g/mol. The fraction of sp³-hybridized carbons (Fsp3) is 0.269. The third kappa shape index (κ3) is 4.92. The minimum Gasteiger partial charge on any atom is -0.459 e. The van der Waals surface area contributed by atoms with Gasteiger partial charge in [0.25, 0.3) is 0 Å². The average Bonchev–Trinajstić information content (AvgIpc) is 3.16. The van der Waals surface area contributed by atoms with Crippen LogP contribution in [0.1, 0.15) is 44.4 Å². The van der Waals surface area contributed by atoms with Gasteiger partial charge >= 0.3 is 5.97 Å². The molecule has 2 aliphatic heterocycles. The van der Waals surface area contributed by atoms with Crippen LogP contribution in [0.3, 0.4) is 0 Å². The van der Waals surface area contributed by atoms with Crippen molar-refractivity contribution in [2.24, 2.45) is 4.99 Å². The van der Waals surface area contributed by atoms with E-state index in [1.807, 2.05) is 62.3 Å². The number of rotatable bonds is 6. The molecule has 2 aromatic rings. The molecule has 2 aromatic carbocycles. The van der Waals surface area contributed by atoms with Crippen LogP contribution in [0.5, 0.6) is 0 Å². The SMILES string of the molecule is CC1=C(C(=O)OC(C)C)C(c2ccccc2C)N2C(CC(=O)Nc3ccc(F)cc3)=CSC2=N1. The maximum absolute atomic E-state index is 13.2. The van der Waals surface area contributed by atoms with Crippen molar-refractivity contribution in [2.45, 2.75) is 46.3 Å². The molecule has 1 N–H and O–H groups in total. The summed E-state index contributed by atoms with van der Waals surface area (Å²) in [5, 5.41) is 5.39. The van der Waals surface area contributed by atoms with Crippen LogP contribution in [0, 0.1) is 12.7 Å². The lowest BCUT2D eigenvalue weighted by Crippen LogP contribution is -2.38. The number of allylic oxidation sites excluding steroid dienone is 1. The van der Waals surface area contributed by atoms with E-state index in [0.29, 0.717) is 22.1 Å². The van der Waals surface area contributed by atoms with E-state index in [0.717, 1.165) is 16.8 Å². The summed E-state index contributed by atoms with van der Waals surface area (Å²) in [5.41, 5.74) is 4.25. The Balaban J connectivity index is 1.67. The lowest BCUT2D eigenvalue weighted by atomic mass is 9.91. The van der Waals surface area contributed by atoms with Crippen LogP contribution in [-0.2, 0) is 14.3 Å².